The molecule has 2 heterocycles. The summed E-state index contributed by atoms with van der Waals surface area (Å²) in [6, 6.07) is 6.68. The fourth-order valence-electron chi connectivity index (χ4n) is 3.16. The van der Waals surface area contributed by atoms with Crippen molar-refractivity contribution in [3.05, 3.63) is 46.9 Å². The minimum atomic E-state index is -0.459. The zero-order valence-corrected chi connectivity index (χ0v) is 15.9. The Kier molecular flexibility index (Phi) is 6.45. The molecule has 1 amide bonds. The van der Waals surface area contributed by atoms with Crippen molar-refractivity contribution in [2.45, 2.75) is 25.8 Å². The molecule has 0 bridgehead atoms. The average Bonchev–Trinajstić information content (AvgIpc) is 2.69. The lowest BCUT2D eigenvalue weighted by atomic mass is 9.93. The summed E-state index contributed by atoms with van der Waals surface area (Å²) in [4.78, 5) is 22.8. The van der Waals surface area contributed by atoms with Crippen molar-refractivity contribution in [2.24, 2.45) is 5.92 Å². The molecule has 6 nitrogen and oxygen atoms in total. The molecule has 2 aromatic rings. The number of hydrogen-bond donors (Lipinski definition) is 1. The van der Waals surface area contributed by atoms with Gasteiger partial charge in [-0.2, -0.15) is 4.98 Å². The highest BCUT2D eigenvalue weighted by Crippen LogP contribution is 2.24. The van der Waals surface area contributed by atoms with Crippen LogP contribution >= 0.6 is 11.6 Å². The number of carbonyl (C=O) groups excluding carboxylic acids is 1. The van der Waals surface area contributed by atoms with E-state index in [1.165, 1.54) is 12.1 Å². The summed E-state index contributed by atoms with van der Waals surface area (Å²) in [6.07, 6.45) is 4.00. The van der Waals surface area contributed by atoms with Crippen LogP contribution in [0.3, 0.4) is 0 Å². The van der Waals surface area contributed by atoms with Crippen molar-refractivity contribution in [3.63, 3.8) is 0 Å². The zero-order valence-electron chi connectivity index (χ0n) is 15.1. The quantitative estimate of drug-likeness (QED) is 0.817. The number of carbonyl (C=O) groups is 1. The van der Waals surface area contributed by atoms with Crippen LogP contribution in [0.2, 0.25) is 5.02 Å². The summed E-state index contributed by atoms with van der Waals surface area (Å²) in [5.74, 6) is 0.720. The maximum absolute atomic E-state index is 13.2. The van der Waals surface area contributed by atoms with Crippen LogP contribution in [0.1, 0.15) is 24.8 Å². The Bertz CT molecular complexity index is 797. The Labute approximate surface area is 162 Å². The molecule has 1 aromatic carbocycles. The molecule has 0 saturated carbocycles. The first-order valence-corrected chi connectivity index (χ1v) is 9.25. The van der Waals surface area contributed by atoms with E-state index in [1.807, 2.05) is 6.07 Å². The van der Waals surface area contributed by atoms with Crippen molar-refractivity contribution in [3.8, 4) is 6.01 Å². The number of amides is 1. The normalized spacial score (nSPS) is 14.9. The Morgan fingerprint density at radius 2 is 2.15 bits per heavy atom. The molecular weight excluding hydrogens is 371 g/mol. The summed E-state index contributed by atoms with van der Waals surface area (Å²) < 4.78 is 18.2. The van der Waals surface area contributed by atoms with Gasteiger partial charge in [-0.05, 0) is 42.5 Å². The van der Waals surface area contributed by atoms with Crippen LogP contribution in [0.25, 0.3) is 0 Å². The van der Waals surface area contributed by atoms with E-state index in [9.17, 15) is 9.18 Å². The number of nitrogens with one attached hydrogen (secondary N) is 1. The maximum Gasteiger partial charge on any atom is 0.318 e. The fourth-order valence-corrected chi connectivity index (χ4v) is 3.36. The van der Waals surface area contributed by atoms with Gasteiger partial charge in [-0.15, -0.1) is 0 Å². The SMILES string of the molecule is COc1nccc(N2CCC(CC(=O)NCc3ccc(F)c(Cl)c3)CC2)n1. The van der Waals surface area contributed by atoms with Gasteiger partial charge in [0.25, 0.3) is 0 Å². The van der Waals surface area contributed by atoms with Crippen LogP contribution < -0.4 is 15.0 Å². The minimum absolute atomic E-state index is 0.00222. The fraction of sp³-hybridized carbons (Fsp3) is 0.421. The number of halogens is 2. The number of aromatic nitrogens is 2. The molecule has 1 N–H and O–H groups in total. The second kappa shape index (κ2) is 8.99. The van der Waals surface area contributed by atoms with Crippen LogP contribution in [-0.2, 0) is 11.3 Å². The monoisotopic (exact) mass is 392 g/mol. The second-order valence-electron chi connectivity index (χ2n) is 6.56. The van der Waals surface area contributed by atoms with Crippen molar-refractivity contribution in [1.82, 2.24) is 15.3 Å². The van der Waals surface area contributed by atoms with Gasteiger partial charge in [0.15, 0.2) is 0 Å². The van der Waals surface area contributed by atoms with Gasteiger partial charge in [0.1, 0.15) is 11.6 Å². The van der Waals surface area contributed by atoms with Crippen molar-refractivity contribution >= 4 is 23.3 Å². The van der Waals surface area contributed by atoms with Gasteiger partial charge >= 0.3 is 6.01 Å². The molecule has 0 aliphatic carbocycles. The molecule has 1 aliphatic rings. The predicted molar refractivity (Wildman–Crippen MR) is 101 cm³/mol. The summed E-state index contributed by atoms with van der Waals surface area (Å²) in [7, 11) is 1.55. The number of ether oxygens (including phenoxy) is 1. The summed E-state index contributed by atoms with van der Waals surface area (Å²) >= 11 is 5.76. The number of rotatable bonds is 6. The van der Waals surface area contributed by atoms with Gasteiger partial charge in [0.2, 0.25) is 5.91 Å². The van der Waals surface area contributed by atoms with E-state index in [1.54, 1.807) is 19.4 Å². The van der Waals surface area contributed by atoms with E-state index in [2.05, 4.69) is 20.2 Å². The minimum Gasteiger partial charge on any atom is -0.467 e. The third kappa shape index (κ3) is 5.29. The second-order valence-corrected chi connectivity index (χ2v) is 6.97. The van der Waals surface area contributed by atoms with Gasteiger partial charge in [-0.3, -0.25) is 4.79 Å². The molecule has 0 unspecified atom stereocenters. The van der Waals surface area contributed by atoms with E-state index in [4.69, 9.17) is 16.3 Å². The molecule has 1 aliphatic heterocycles. The van der Waals surface area contributed by atoms with Crippen LogP contribution in [0, 0.1) is 11.7 Å². The first-order valence-electron chi connectivity index (χ1n) is 8.87. The van der Waals surface area contributed by atoms with Crippen molar-refractivity contribution in [1.29, 1.82) is 0 Å². The highest BCUT2D eigenvalue weighted by Gasteiger charge is 2.22. The molecule has 1 fully saturated rings. The third-order valence-electron chi connectivity index (χ3n) is 4.69. The molecule has 8 heteroatoms. The summed E-state index contributed by atoms with van der Waals surface area (Å²) in [6.45, 7) is 2.02. The van der Waals surface area contributed by atoms with E-state index < -0.39 is 5.82 Å². The Hall–Kier alpha value is -2.41. The van der Waals surface area contributed by atoms with Crippen LogP contribution in [0.15, 0.2) is 30.5 Å². The number of hydrogen-bond acceptors (Lipinski definition) is 5. The number of anilines is 1. The van der Waals surface area contributed by atoms with Crippen molar-refractivity contribution < 1.29 is 13.9 Å². The molecular formula is C19H22ClFN4O2. The van der Waals surface area contributed by atoms with Gasteiger partial charge in [0.05, 0.1) is 12.1 Å². The number of methoxy groups -OCH3 is 1. The number of benzene rings is 1. The molecule has 1 saturated heterocycles. The lowest BCUT2D eigenvalue weighted by Gasteiger charge is -2.32. The first-order chi connectivity index (χ1) is 13.0. The molecule has 0 spiro atoms. The topological polar surface area (TPSA) is 67.3 Å². The lowest BCUT2D eigenvalue weighted by Crippen LogP contribution is -2.36. The van der Waals surface area contributed by atoms with Gasteiger partial charge in [-0.25, -0.2) is 9.37 Å². The average molecular weight is 393 g/mol. The highest BCUT2D eigenvalue weighted by atomic mass is 35.5. The van der Waals surface area contributed by atoms with E-state index in [0.29, 0.717) is 24.9 Å². The Morgan fingerprint density at radius 3 is 2.85 bits per heavy atom. The first kappa shape index (κ1) is 19.4. The van der Waals surface area contributed by atoms with Crippen LogP contribution in [0.4, 0.5) is 10.2 Å². The number of piperidine rings is 1. The smallest absolute Gasteiger partial charge is 0.318 e. The van der Waals surface area contributed by atoms with Crippen molar-refractivity contribution in [2.75, 3.05) is 25.1 Å². The molecule has 144 valence electrons. The molecule has 0 radical (unpaired) electrons. The van der Waals surface area contributed by atoms with Gasteiger partial charge in [0, 0.05) is 32.3 Å². The van der Waals surface area contributed by atoms with E-state index >= 15 is 0 Å². The van der Waals surface area contributed by atoms with Crippen LogP contribution in [0.5, 0.6) is 6.01 Å². The number of nitrogens with zero attached hydrogens (tertiary/aromatic N) is 3. The Balaban J connectivity index is 1.44. The van der Waals surface area contributed by atoms with E-state index in [0.717, 1.165) is 37.3 Å². The van der Waals surface area contributed by atoms with Crippen LogP contribution in [-0.4, -0.2) is 36.1 Å². The summed E-state index contributed by atoms with van der Waals surface area (Å²) in [5, 5.41) is 2.95. The summed E-state index contributed by atoms with van der Waals surface area (Å²) in [5.41, 5.74) is 0.780. The van der Waals surface area contributed by atoms with Gasteiger partial charge < -0.3 is 15.0 Å². The molecule has 27 heavy (non-hydrogen) atoms. The predicted octanol–water partition coefficient (Wildman–Crippen LogP) is 3.20. The maximum atomic E-state index is 13.2. The lowest BCUT2D eigenvalue weighted by molar-refractivity contribution is -0.122. The standard InChI is InChI=1S/C19H22ClFN4O2/c1-27-19-22-7-4-17(24-19)25-8-5-13(6-9-25)11-18(26)23-12-14-2-3-16(21)15(20)10-14/h2-4,7,10,13H,5-6,8-9,11-12H2,1H3,(H,23,26). The van der Waals surface area contributed by atoms with E-state index in [-0.39, 0.29) is 10.9 Å². The molecule has 1 aromatic heterocycles. The van der Waals surface area contributed by atoms with Gasteiger partial charge in [-0.1, -0.05) is 17.7 Å². The third-order valence-corrected chi connectivity index (χ3v) is 4.98. The largest absolute Gasteiger partial charge is 0.467 e. The molecule has 3 rings (SSSR count). The molecule has 0 atom stereocenters. The zero-order chi connectivity index (χ0) is 19.2. The highest BCUT2D eigenvalue weighted by molar-refractivity contribution is 6.30. The Morgan fingerprint density at radius 1 is 1.37 bits per heavy atom.